The minimum Gasteiger partial charge on any atom is -0.384 e. The maximum absolute atomic E-state index is 12.1. The number of carbonyl (C=O) groups excluding carboxylic acids is 1. The number of aromatic nitrogens is 3. The Morgan fingerprint density at radius 2 is 2.33 bits per heavy atom. The number of hydrogen-bond donors (Lipinski definition) is 3. The summed E-state index contributed by atoms with van der Waals surface area (Å²) in [6.07, 6.45) is 7.37. The van der Waals surface area contributed by atoms with Crippen molar-refractivity contribution in [2.24, 2.45) is 0 Å². The average molecular weight is 245 g/mol. The molecule has 2 rings (SSSR count). The average Bonchev–Trinajstić information content (AvgIpc) is 2.89. The number of anilines is 2. The number of nitrogens with zero attached hydrogens (tertiary/aromatic N) is 2. The van der Waals surface area contributed by atoms with E-state index in [1.807, 2.05) is 0 Å². The molecular formula is C12H15N5O. The molecule has 94 valence electrons. The van der Waals surface area contributed by atoms with E-state index in [-0.39, 0.29) is 5.91 Å². The lowest BCUT2D eigenvalue weighted by Crippen LogP contribution is -2.15. The Kier molecular flexibility index (Phi) is 3.90. The van der Waals surface area contributed by atoms with Gasteiger partial charge in [-0.15, -0.1) is 0 Å². The van der Waals surface area contributed by atoms with Crippen LogP contribution in [-0.2, 0) is 0 Å². The van der Waals surface area contributed by atoms with Crippen molar-refractivity contribution < 1.29 is 4.79 Å². The Hall–Kier alpha value is -2.37. The van der Waals surface area contributed by atoms with Gasteiger partial charge in [-0.2, -0.15) is 5.10 Å². The van der Waals surface area contributed by atoms with E-state index in [0.29, 0.717) is 11.3 Å². The van der Waals surface area contributed by atoms with Crippen molar-refractivity contribution in [2.75, 3.05) is 17.2 Å². The highest BCUT2D eigenvalue weighted by molar-refractivity contribution is 6.07. The zero-order valence-corrected chi connectivity index (χ0v) is 10.1. The second kappa shape index (κ2) is 5.81. The number of hydrogen-bond acceptors (Lipinski definition) is 4. The van der Waals surface area contributed by atoms with Gasteiger partial charge in [-0.1, -0.05) is 6.92 Å². The van der Waals surface area contributed by atoms with E-state index in [1.165, 1.54) is 0 Å². The Morgan fingerprint density at radius 1 is 1.44 bits per heavy atom. The fourth-order valence-corrected chi connectivity index (χ4v) is 1.51. The number of nitrogens with one attached hydrogen (secondary N) is 3. The van der Waals surface area contributed by atoms with E-state index >= 15 is 0 Å². The first-order valence-electron chi connectivity index (χ1n) is 5.79. The summed E-state index contributed by atoms with van der Waals surface area (Å²) in [5, 5.41) is 12.4. The molecule has 2 aromatic rings. The van der Waals surface area contributed by atoms with E-state index in [2.05, 4.69) is 32.7 Å². The third-order valence-corrected chi connectivity index (χ3v) is 2.39. The van der Waals surface area contributed by atoms with Gasteiger partial charge in [0, 0.05) is 25.1 Å². The standard InChI is InChI=1S/C12H15N5O/c1-2-4-14-11-3-5-13-8-10(11)12(18)17-9-6-15-16-7-9/h3,5-8H,2,4H2,1H3,(H,13,14)(H,15,16)(H,17,18). The minimum atomic E-state index is -0.205. The monoisotopic (exact) mass is 245 g/mol. The van der Waals surface area contributed by atoms with Gasteiger partial charge in [-0.25, -0.2) is 0 Å². The maximum Gasteiger partial charge on any atom is 0.259 e. The summed E-state index contributed by atoms with van der Waals surface area (Å²) in [5.74, 6) is -0.205. The number of carbonyl (C=O) groups is 1. The molecule has 0 radical (unpaired) electrons. The molecule has 2 heterocycles. The number of amides is 1. The van der Waals surface area contributed by atoms with E-state index in [1.54, 1.807) is 30.9 Å². The Balaban J connectivity index is 2.13. The molecule has 6 heteroatoms. The van der Waals surface area contributed by atoms with Crippen molar-refractivity contribution in [3.8, 4) is 0 Å². The van der Waals surface area contributed by atoms with Gasteiger partial charge in [0.25, 0.3) is 5.91 Å². The zero-order chi connectivity index (χ0) is 12.8. The summed E-state index contributed by atoms with van der Waals surface area (Å²) >= 11 is 0. The molecular weight excluding hydrogens is 230 g/mol. The van der Waals surface area contributed by atoms with Crippen LogP contribution in [0.4, 0.5) is 11.4 Å². The van der Waals surface area contributed by atoms with Crippen molar-refractivity contribution in [1.82, 2.24) is 15.2 Å². The predicted octanol–water partition coefficient (Wildman–Crippen LogP) is 1.88. The van der Waals surface area contributed by atoms with Gasteiger partial charge in [0.2, 0.25) is 0 Å². The molecule has 0 fully saturated rings. The van der Waals surface area contributed by atoms with Gasteiger partial charge in [0.15, 0.2) is 0 Å². The van der Waals surface area contributed by atoms with E-state index in [9.17, 15) is 4.79 Å². The molecule has 0 atom stereocenters. The quantitative estimate of drug-likeness (QED) is 0.751. The molecule has 0 aromatic carbocycles. The van der Waals surface area contributed by atoms with Crippen LogP contribution in [0.2, 0.25) is 0 Å². The van der Waals surface area contributed by atoms with Crippen molar-refractivity contribution >= 4 is 17.3 Å². The van der Waals surface area contributed by atoms with Crippen LogP contribution in [0.5, 0.6) is 0 Å². The van der Waals surface area contributed by atoms with Crippen molar-refractivity contribution in [2.45, 2.75) is 13.3 Å². The third kappa shape index (κ3) is 2.85. The molecule has 0 saturated carbocycles. The Labute approximate surface area is 105 Å². The molecule has 0 bridgehead atoms. The molecule has 0 aliphatic carbocycles. The van der Waals surface area contributed by atoms with Crippen LogP contribution in [0.1, 0.15) is 23.7 Å². The van der Waals surface area contributed by atoms with Gasteiger partial charge < -0.3 is 10.6 Å². The van der Waals surface area contributed by atoms with Crippen LogP contribution in [0.25, 0.3) is 0 Å². The van der Waals surface area contributed by atoms with Crippen LogP contribution in [0.3, 0.4) is 0 Å². The summed E-state index contributed by atoms with van der Waals surface area (Å²) < 4.78 is 0. The first-order chi connectivity index (χ1) is 8.81. The minimum absolute atomic E-state index is 0.205. The van der Waals surface area contributed by atoms with Crippen LogP contribution in [0, 0.1) is 0 Å². The lowest BCUT2D eigenvalue weighted by molar-refractivity contribution is 0.102. The van der Waals surface area contributed by atoms with Crippen molar-refractivity contribution in [3.63, 3.8) is 0 Å². The number of aromatic amines is 1. The van der Waals surface area contributed by atoms with Crippen LogP contribution >= 0.6 is 0 Å². The molecule has 18 heavy (non-hydrogen) atoms. The molecule has 0 aliphatic rings. The summed E-state index contributed by atoms with van der Waals surface area (Å²) in [6.45, 7) is 2.88. The summed E-state index contributed by atoms with van der Waals surface area (Å²) in [5.41, 5.74) is 1.94. The van der Waals surface area contributed by atoms with Gasteiger partial charge in [0.05, 0.1) is 23.1 Å². The maximum atomic E-state index is 12.1. The molecule has 6 nitrogen and oxygen atoms in total. The highest BCUT2D eigenvalue weighted by Gasteiger charge is 2.11. The highest BCUT2D eigenvalue weighted by atomic mass is 16.1. The van der Waals surface area contributed by atoms with Crippen LogP contribution < -0.4 is 10.6 Å². The van der Waals surface area contributed by atoms with Gasteiger partial charge in [-0.05, 0) is 12.5 Å². The second-order valence-electron chi connectivity index (χ2n) is 3.79. The van der Waals surface area contributed by atoms with E-state index in [4.69, 9.17) is 0 Å². The lowest BCUT2D eigenvalue weighted by Gasteiger charge is -2.10. The highest BCUT2D eigenvalue weighted by Crippen LogP contribution is 2.15. The van der Waals surface area contributed by atoms with E-state index < -0.39 is 0 Å². The van der Waals surface area contributed by atoms with Crippen LogP contribution in [-0.4, -0.2) is 27.6 Å². The number of rotatable bonds is 5. The van der Waals surface area contributed by atoms with Crippen LogP contribution in [0.15, 0.2) is 30.9 Å². The largest absolute Gasteiger partial charge is 0.384 e. The topological polar surface area (TPSA) is 82.7 Å². The molecule has 0 unspecified atom stereocenters. The molecule has 0 aliphatic heterocycles. The first-order valence-corrected chi connectivity index (χ1v) is 5.79. The molecule has 1 amide bonds. The predicted molar refractivity (Wildman–Crippen MR) is 69.6 cm³/mol. The fraction of sp³-hybridized carbons (Fsp3) is 0.250. The van der Waals surface area contributed by atoms with Crippen molar-refractivity contribution in [1.29, 1.82) is 0 Å². The van der Waals surface area contributed by atoms with Gasteiger partial charge in [0.1, 0.15) is 0 Å². The molecule has 2 aromatic heterocycles. The normalized spacial score (nSPS) is 10.1. The molecule has 0 saturated heterocycles. The van der Waals surface area contributed by atoms with Crippen molar-refractivity contribution in [3.05, 3.63) is 36.4 Å². The number of H-pyrrole nitrogens is 1. The SMILES string of the molecule is CCCNc1ccncc1C(=O)Nc1cn[nH]c1. The van der Waals surface area contributed by atoms with Gasteiger partial charge >= 0.3 is 0 Å². The summed E-state index contributed by atoms with van der Waals surface area (Å²) in [4.78, 5) is 16.0. The number of pyridine rings is 1. The summed E-state index contributed by atoms with van der Waals surface area (Å²) in [6, 6.07) is 1.79. The fourth-order valence-electron chi connectivity index (χ4n) is 1.51. The lowest BCUT2D eigenvalue weighted by atomic mass is 10.2. The smallest absolute Gasteiger partial charge is 0.259 e. The molecule has 0 spiro atoms. The first kappa shape index (κ1) is 12.1. The zero-order valence-electron chi connectivity index (χ0n) is 10.1. The molecule has 3 N–H and O–H groups in total. The third-order valence-electron chi connectivity index (χ3n) is 2.39. The Morgan fingerprint density at radius 3 is 3.06 bits per heavy atom. The Bertz CT molecular complexity index is 509. The second-order valence-corrected chi connectivity index (χ2v) is 3.79. The summed E-state index contributed by atoms with van der Waals surface area (Å²) in [7, 11) is 0. The van der Waals surface area contributed by atoms with Gasteiger partial charge in [-0.3, -0.25) is 14.9 Å². The van der Waals surface area contributed by atoms with E-state index in [0.717, 1.165) is 18.7 Å².